The van der Waals surface area contributed by atoms with E-state index in [1.165, 1.54) is 18.0 Å². The average molecular weight is 327 g/mol. The van der Waals surface area contributed by atoms with Gasteiger partial charge < -0.3 is 15.0 Å². The molecule has 0 aromatic carbocycles. The van der Waals surface area contributed by atoms with Crippen LogP contribution in [0.2, 0.25) is 0 Å². The Hall–Kier alpha value is -2.16. The molecule has 23 heavy (non-hydrogen) atoms. The fourth-order valence-electron chi connectivity index (χ4n) is 2.16. The zero-order valence-corrected chi connectivity index (χ0v) is 14.1. The normalized spacial score (nSPS) is 12.2. The number of hydrogen-bond acceptors (Lipinski definition) is 6. The molecule has 0 saturated carbocycles. The number of nitro groups is 1. The summed E-state index contributed by atoms with van der Waals surface area (Å²) in [6, 6.07) is -0.647. The molecule has 0 spiro atoms. The number of carbonyl (C=O) groups is 1. The third-order valence-electron chi connectivity index (χ3n) is 3.69. The van der Waals surface area contributed by atoms with Gasteiger partial charge in [-0.05, 0) is 33.0 Å². The summed E-state index contributed by atoms with van der Waals surface area (Å²) < 4.78 is 6.10. The zero-order valence-electron chi connectivity index (χ0n) is 14.1. The Labute approximate surface area is 135 Å². The maximum atomic E-state index is 12.1. The Morgan fingerprint density at radius 3 is 2.65 bits per heavy atom. The van der Waals surface area contributed by atoms with Gasteiger partial charge in [0.2, 0.25) is 5.91 Å². The minimum Gasteiger partial charge on any atom is -0.475 e. The van der Waals surface area contributed by atoms with Gasteiger partial charge in [-0.2, -0.15) is 0 Å². The van der Waals surface area contributed by atoms with E-state index in [2.05, 4.69) is 29.2 Å². The summed E-state index contributed by atoms with van der Waals surface area (Å²) in [5.74, 6) is -0.333. The number of methoxy groups -OCH3 is 1. The highest BCUT2D eigenvalue weighted by Crippen LogP contribution is 2.25. The van der Waals surface area contributed by atoms with E-state index in [4.69, 9.17) is 4.74 Å². The van der Waals surface area contributed by atoms with Crippen molar-refractivity contribution >= 4 is 11.6 Å². The summed E-state index contributed by atoms with van der Waals surface area (Å²) in [6.45, 7) is 9.28. The number of nitrogens with one attached hydrogen (secondary N) is 1. The molecule has 0 bridgehead atoms. The van der Waals surface area contributed by atoms with Gasteiger partial charge in [0.1, 0.15) is 12.2 Å². The molecule has 1 rings (SSSR count). The molecule has 1 unspecified atom stereocenters. The third kappa shape index (κ3) is 5.20. The van der Waals surface area contributed by atoms with Crippen molar-refractivity contribution in [2.45, 2.75) is 33.2 Å². The van der Waals surface area contributed by atoms with Crippen LogP contribution < -0.4 is 10.1 Å². The molecule has 1 heterocycles. The molecule has 1 N–H and O–H groups in total. The van der Waals surface area contributed by atoms with Crippen molar-refractivity contribution in [2.24, 2.45) is 0 Å². The summed E-state index contributed by atoms with van der Waals surface area (Å²) >= 11 is 0. The van der Waals surface area contributed by atoms with E-state index in [0.29, 0.717) is 6.54 Å². The van der Waals surface area contributed by atoms with Crippen LogP contribution in [0.5, 0.6) is 5.88 Å². The van der Waals surface area contributed by atoms with E-state index < -0.39 is 11.0 Å². The zero-order chi connectivity index (χ0) is 17.4. The van der Waals surface area contributed by atoms with Crippen LogP contribution in [-0.4, -0.2) is 58.8 Å². The maximum Gasteiger partial charge on any atom is 0.350 e. The first-order chi connectivity index (χ1) is 10.9. The first-order valence-corrected chi connectivity index (χ1v) is 7.72. The van der Waals surface area contributed by atoms with Gasteiger partial charge in [-0.25, -0.2) is 4.68 Å². The van der Waals surface area contributed by atoms with Crippen molar-refractivity contribution in [2.75, 3.05) is 33.3 Å². The van der Waals surface area contributed by atoms with Crippen LogP contribution in [0.4, 0.5) is 5.69 Å². The Kier molecular flexibility index (Phi) is 7.46. The van der Waals surface area contributed by atoms with Crippen molar-refractivity contribution in [3.05, 3.63) is 16.3 Å². The molecule has 0 aliphatic rings. The highest BCUT2D eigenvalue weighted by molar-refractivity contribution is 5.79. The fraction of sp³-hybridized carbons (Fsp3) is 0.714. The lowest BCUT2D eigenvalue weighted by Crippen LogP contribution is -2.34. The summed E-state index contributed by atoms with van der Waals surface area (Å²) in [4.78, 5) is 24.7. The first kappa shape index (κ1) is 18.9. The van der Waals surface area contributed by atoms with Gasteiger partial charge in [0, 0.05) is 6.54 Å². The fourth-order valence-corrected chi connectivity index (χ4v) is 2.16. The number of hydrogen-bond donors (Lipinski definition) is 1. The molecular weight excluding hydrogens is 302 g/mol. The number of ether oxygens (including phenoxy) is 1. The van der Waals surface area contributed by atoms with Crippen molar-refractivity contribution in [1.29, 1.82) is 0 Å². The molecular formula is C14H25N5O4. The molecule has 0 aliphatic heterocycles. The van der Waals surface area contributed by atoms with Crippen LogP contribution in [0.1, 0.15) is 33.2 Å². The van der Waals surface area contributed by atoms with E-state index in [1.807, 2.05) is 0 Å². The number of nitrogens with zero attached hydrogens (tertiary/aromatic N) is 4. The van der Waals surface area contributed by atoms with Crippen molar-refractivity contribution in [3.8, 4) is 5.88 Å². The monoisotopic (exact) mass is 327 g/mol. The first-order valence-electron chi connectivity index (χ1n) is 7.72. The largest absolute Gasteiger partial charge is 0.475 e. The van der Waals surface area contributed by atoms with Crippen LogP contribution in [0.25, 0.3) is 0 Å². The molecule has 9 nitrogen and oxygen atoms in total. The number of rotatable bonds is 10. The minimum absolute atomic E-state index is 0.101. The molecule has 0 fully saturated rings. The standard InChI is InChI=1S/C14H25N5O4/c1-5-17(6-2)9-7-8-15-13(20)11(3)18-10-12(19(21)22)14(16-18)23-4/h10-11H,5-9H2,1-4H3,(H,15,20). The summed E-state index contributed by atoms with van der Waals surface area (Å²) in [6.07, 6.45) is 2.06. The van der Waals surface area contributed by atoms with Gasteiger partial charge in [-0.3, -0.25) is 14.9 Å². The lowest BCUT2D eigenvalue weighted by Gasteiger charge is -2.18. The Bertz CT molecular complexity index is 527. The summed E-state index contributed by atoms with van der Waals surface area (Å²) in [5.41, 5.74) is -0.256. The molecule has 130 valence electrons. The van der Waals surface area contributed by atoms with Gasteiger partial charge in [-0.1, -0.05) is 13.8 Å². The highest BCUT2D eigenvalue weighted by atomic mass is 16.6. The molecule has 1 atom stereocenters. The molecule has 0 radical (unpaired) electrons. The van der Waals surface area contributed by atoms with Crippen molar-refractivity contribution in [1.82, 2.24) is 20.0 Å². The topological polar surface area (TPSA) is 103 Å². The second-order valence-corrected chi connectivity index (χ2v) is 5.11. The van der Waals surface area contributed by atoms with E-state index in [-0.39, 0.29) is 17.5 Å². The maximum absolute atomic E-state index is 12.1. The molecule has 1 aromatic heterocycles. The quantitative estimate of drug-likeness (QED) is 0.394. The predicted octanol–water partition coefficient (Wildman–Crippen LogP) is 1.21. The van der Waals surface area contributed by atoms with E-state index in [9.17, 15) is 14.9 Å². The minimum atomic E-state index is -0.647. The Morgan fingerprint density at radius 1 is 1.52 bits per heavy atom. The Morgan fingerprint density at radius 2 is 2.17 bits per heavy atom. The van der Waals surface area contributed by atoms with Crippen LogP contribution in [0, 0.1) is 10.1 Å². The molecule has 0 saturated heterocycles. The average Bonchev–Trinajstić information content (AvgIpc) is 2.98. The van der Waals surface area contributed by atoms with Gasteiger partial charge >= 0.3 is 11.6 Å². The molecule has 9 heteroatoms. The second-order valence-electron chi connectivity index (χ2n) is 5.11. The van der Waals surface area contributed by atoms with E-state index in [0.717, 1.165) is 26.1 Å². The van der Waals surface area contributed by atoms with E-state index >= 15 is 0 Å². The summed E-state index contributed by atoms with van der Waals surface area (Å²) in [5, 5.41) is 17.6. The van der Waals surface area contributed by atoms with Crippen LogP contribution >= 0.6 is 0 Å². The van der Waals surface area contributed by atoms with Gasteiger partial charge in [0.25, 0.3) is 0 Å². The van der Waals surface area contributed by atoms with Crippen LogP contribution in [0.3, 0.4) is 0 Å². The molecule has 1 amide bonds. The lowest BCUT2D eigenvalue weighted by atomic mass is 10.3. The smallest absolute Gasteiger partial charge is 0.350 e. The Balaban J connectivity index is 2.55. The molecule has 1 aromatic rings. The summed E-state index contributed by atoms with van der Waals surface area (Å²) in [7, 11) is 1.30. The lowest BCUT2D eigenvalue weighted by molar-refractivity contribution is -0.385. The van der Waals surface area contributed by atoms with Gasteiger partial charge in [0.05, 0.1) is 12.0 Å². The van der Waals surface area contributed by atoms with Crippen molar-refractivity contribution < 1.29 is 14.5 Å². The van der Waals surface area contributed by atoms with Crippen molar-refractivity contribution in [3.63, 3.8) is 0 Å². The number of amides is 1. The number of aromatic nitrogens is 2. The number of carbonyl (C=O) groups excluding carboxylic acids is 1. The van der Waals surface area contributed by atoms with Gasteiger partial charge in [0.15, 0.2) is 0 Å². The molecule has 0 aliphatic carbocycles. The highest BCUT2D eigenvalue weighted by Gasteiger charge is 2.24. The second kappa shape index (κ2) is 9.09. The third-order valence-corrected chi connectivity index (χ3v) is 3.69. The van der Waals surface area contributed by atoms with Crippen LogP contribution in [-0.2, 0) is 4.79 Å². The van der Waals surface area contributed by atoms with Crippen LogP contribution in [0.15, 0.2) is 6.20 Å². The van der Waals surface area contributed by atoms with E-state index in [1.54, 1.807) is 6.92 Å². The SMILES string of the molecule is CCN(CC)CCCNC(=O)C(C)n1cc([N+](=O)[O-])c(OC)n1. The van der Waals surface area contributed by atoms with Gasteiger partial charge in [-0.15, -0.1) is 5.10 Å². The predicted molar refractivity (Wildman–Crippen MR) is 85.6 cm³/mol.